The van der Waals surface area contributed by atoms with Gasteiger partial charge in [0, 0.05) is 5.56 Å². The molecular formula is C26H36O3. The molecule has 3 heteroatoms. The number of hydrogen-bond acceptors (Lipinski definition) is 2. The lowest BCUT2D eigenvalue weighted by Crippen LogP contribution is -2.07. The SMILES string of the molecule is CCCCCCCCCc1c(OC(=O)O)cccc1-c1ccccc1CCCC. The Balaban J connectivity index is 2.22. The van der Waals surface area contributed by atoms with Crippen molar-refractivity contribution < 1.29 is 14.6 Å². The maximum atomic E-state index is 11.2. The molecular weight excluding hydrogens is 360 g/mol. The summed E-state index contributed by atoms with van der Waals surface area (Å²) < 4.78 is 5.16. The minimum absolute atomic E-state index is 0.478. The van der Waals surface area contributed by atoms with E-state index in [2.05, 4.69) is 44.2 Å². The highest BCUT2D eigenvalue weighted by Crippen LogP contribution is 2.35. The molecule has 0 aliphatic rings. The van der Waals surface area contributed by atoms with E-state index in [0.717, 1.165) is 43.2 Å². The fourth-order valence-corrected chi connectivity index (χ4v) is 3.89. The molecule has 2 aromatic carbocycles. The number of rotatable bonds is 13. The average Bonchev–Trinajstić information content (AvgIpc) is 2.72. The highest BCUT2D eigenvalue weighted by Gasteiger charge is 2.15. The van der Waals surface area contributed by atoms with Crippen LogP contribution in [0.3, 0.4) is 0 Å². The predicted octanol–water partition coefficient (Wildman–Crippen LogP) is 8.05. The van der Waals surface area contributed by atoms with Crippen LogP contribution < -0.4 is 4.74 Å². The van der Waals surface area contributed by atoms with Gasteiger partial charge >= 0.3 is 6.16 Å². The quantitative estimate of drug-likeness (QED) is 0.212. The summed E-state index contributed by atoms with van der Waals surface area (Å²) in [7, 11) is 0. The second kappa shape index (κ2) is 13.0. The molecule has 2 aromatic rings. The smallest absolute Gasteiger partial charge is 0.449 e. The number of hydrogen-bond donors (Lipinski definition) is 1. The monoisotopic (exact) mass is 396 g/mol. The Morgan fingerprint density at radius 1 is 0.759 bits per heavy atom. The topological polar surface area (TPSA) is 46.5 Å². The van der Waals surface area contributed by atoms with Crippen molar-refractivity contribution in [1.82, 2.24) is 0 Å². The van der Waals surface area contributed by atoms with Gasteiger partial charge in [0.2, 0.25) is 0 Å². The van der Waals surface area contributed by atoms with E-state index < -0.39 is 6.16 Å². The van der Waals surface area contributed by atoms with Crippen LogP contribution in [0.15, 0.2) is 42.5 Å². The number of carboxylic acid groups (broad SMARTS) is 1. The fourth-order valence-electron chi connectivity index (χ4n) is 3.89. The summed E-state index contributed by atoms with van der Waals surface area (Å²) >= 11 is 0. The van der Waals surface area contributed by atoms with E-state index in [1.165, 1.54) is 49.7 Å². The highest BCUT2D eigenvalue weighted by atomic mass is 16.7. The standard InChI is InChI=1S/C26H36O3/c1-3-5-7-8-9-10-11-18-24-23(19-14-20-25(24)29-26(27)28)22-17-13-12-16-21(22)15-6-4-2/h12-14,16-17,19-20H,3-11,15,18H2,1-2H3,(H,27,28). The molecule has 0 atom stereocenters. The van der Waals surface area contributed by atoms with E-state index in [4.69, 9.17) is 4.74 Å². The third kappa shape index (κ3) is 7.56. The summed E-state index contributed by atoms with van der Waals surface area (Å²) in [6.45, 7) is 4.44. The molecule has 0 bridgehead atoms. The Kier molecular flexibility index (Phi) is 10.3. The van der Waals surface area contributed by atoms with Gasteiger partial charge in [-0.1, -0.05) is 95.2 Å². The van der Waals surface area contributed by atoms with Crippen LogP contribution in [0.5, 0.6) is 5.75 Å². The van der Waals surface area contributed by atoms with Crippen molar-refractivity contribution >= 4 is 6.16 Å². The lowest BCUT2D eigenvalue weighted by Gasteiger charge is -2.17. The van der Waals surface area contributed by atoms with Gasteiger partial charge in [0.1, 0.15) is 5.75 Å². The average molecular weight is 397 g/mol. The first kappa shape index (κ1) is 23.0. The molecule has 0 saturated carbocycles. The Morgan fingerprint density at radius 2 is 1.41 bits per heavy atom. The highest BCUT2D eigenvalue weighted by molar-refractivity contribution is 5.74. The van der Waals surface area contributed by atoms with Crippen molar-refractivity contribution in [3.8, 4) is 16.9 Å². The second-order valence-corrected chi connectivity index (χ2v) is 7.78. The lowest BCUT2D eigenvalue weighted by molar-refractivity contribution is 0.144. The van der Waals surface area contributed by atoms with E-state index >= 15 is 0 Å². The van der Waals surface area contributed by atoms with Crippen molar-refractivity contribution in [1.29, 1.82) is 0 Å². The normalized spacial score (nSPS) is 10.8. The third-order valence-electron chi connectivity index (χ3n) is 5.47. The first-order chi connectivity index (χ1) is 14.2. The Labute approximate surface area is 176 Å². The fraction of sp³-hybridized carbons (Fsp3) is 0.500. The van der Waals surface area contributed by atoms with Gasteiger partial charge in [-0.2, -0.15) is 0 Å². The summed E-state index contributed by atoms with van der Waals surface area (Å²) in [5.74, 6) is 0.478. The zero-order valence-electron chi connectivity index (χ0n) is 18.1. The van der Waals surface area contributed by atoms with Gasteiger partial charge in [-0.25, -0.2) is 4.79 Å². The Morgan fingerprint density at radius 3 is 2.14 bits per heavy atom. The van der Waals surface area contributed by atoms with Crippen LogP contribution in [-0.4, -0.2) is 11.3 Å². The molecule has 29 heavy (non-hydrogen) atoms. The number of carbonyl (C=O) groups is 1. The number of ether oxygens (including phenoxy) is 1. The summed E-state index contributed by atoms with van der Waals surface area (Å²) in [6, 6.07) is 14.3. The summed E-state index contributed by atoms with van der Waals surface area (Å²) in [5.41, 5.74) is 4.66. The minimum atomic E-state index is -1.25. The summed E-state index contributed by atoms with van der Waals surface area (Å²) in [5, 5.41) is 9.19. The molecule has 0 fully saturated rings. The van der Waals surface area contributed by atoms with E-state index in [1.807, 2.05) is 6.07 Å². The molecule has 2 rings (SSSR count). The van der Waals surface area contributed by atoms with Gasteiger partial charge in [0.25, 0.3) is 0 Å². The van der Waals surface area contributed by atoms with Crippen LogP contribution in [0.4, 0.5) is 4.79 Å². The molecule has 0 spiro atoms. The van der Waals surface area contributed by atoms with Crippen molar-refractivity contribution in [2.45, 2.75) is 84.5 Å². The molecule has 158 valence electrons. The van der Waals surface area contributed by atoms with Crippen molar-refractivity contribution in [3.05, 3.63) is 53.6 Å². The minimum Gasteiger partial charge on any atom is -0.449 e. The Bertz CT molecular complexity index is 751. The number of aryl methyl sites for hydroxylation is 1. The number of unbranched alkanes of at least 4 members (excludes halogenated alkanes) is 7. The predicted molar refractivity (Wildman–Crippen MR) is 121 cm³/mol. The molecule has 0 aliphatic heterocycles. The molecule has 1 N–H and O–H groups in total. The van der Waals surface area contributed by atoms with Gasteiger partial charge in [-0.15, -0.1) is 0 Å². The van der Waals surface area contributed by atoms with Gasteiger partial charge in [-0.05, 0) is 48.4 Å². The zero-order valence-corrected chi connectivity index (χ0v) is 18.1. The molecule has 3 nitrogen and oxygen atoms in total. The maximum Gasteiger partial charge on any atom is 0.511 e. The third-order valence-corrected chi connectivity index (χ3v) is 5.47. The number of benzene rings is 2. The van der Waals surface area contributed by atoms with Gasteiger partial charge in [-0.3, -0.25) is 0 Å². The summed E-state index contributed by atoms with van der Waals surface area (Å²) in [6.07, 6.45) is 11.6. The van der Waals surface area contributed by atoms with Gasteiger partial charge in [0.15, 0.2) is 0 Å². The second-order valence-electron chi connectivity index (χ2n) is 7.78. The summed E-state index contributed by atoms with van der Waals surface area (Å²) in [4.78, 5) is 11.2. The van der Waals surface area contributed by atoms with E-state index in [9.17, 15) is 9.90 Å². The maximum absolute atomic E-state index is 11.2. The van der Waals surface area contributed by atoms with Crippen molar-refractivity contribution in [2.75, 3.05) is 0 Å². The first-order valence-electron chi connectivity index (χ1n) is 11.3. The van der Waals surface area contributed by atoms with Gasteiger partial charge in [0.05, 0.1) is 0 Å². The van der Waals surface area contributed by atoms with Crippen molar-refractivity contribution in [3.63, 3.8) is 0 Å². The van der Waals surface area contributed by atoms with Crippen LogP contribution >= 0.6 is 0 Å². The van der Waals surface area contributed by atoms with E-state index in [1.54, 1.807) is 6.07 Å². The van der Waals surface area contributed by atoms with E-state index in [0.29, 0.717) is 5.75 Å². The molecule has 0 amide bonds. The van der Waals surface area contributed by atoms with Crippen LogP contribution in [-0.2, 0) is 12.8 Å². The van der Waals surface area contributed by atoms with E-state index in [-0.39, 0.29) is 0 Å². The molecule has 0 aliphatic carbocycles. The largest absolute Gasteiger partial charge is 0.511 e. The van der Waals surface area contributed by atoms with Crippen LogP contribution in [0, 0.1) is 0 Å². The molecule has 0 radical (unpaired) electrons. The Hall–Kier alpha value is -2.29. The first-order valence-corrected chi connectivity index (χ1v) is 11.3. The van der Waals surface area contributed by atoms with Crippen LogP contribution in [0.25, 0.3) is 11.1 Å². The van der Waals surface area contributed by atoms with Crippen LogP contribution in [0.2, 0.25) is 0 Å². The van der Waals surface area contributed by atoms with Gasteiger partial charge < -0.3 is 9.84 Å². The zero-order chi connectivity index (χ0) is 20.9. The van der Waals surface area contributed by atoms with Crippen LogP contribution in [0.1, 0.15) is 82.8 Å². The lowest BCUT2D eigenvalue weighted by atomic mass is 9.90. The van der Waals surface area contributed by atoms with Crippen molar-refractivity contribution in [2.24, 2.45) is 0 Å². The molecule has 0 aromatic heterocycles. The molecule has 0 heterocycles. The molecule has 0 saturated heterocycles. The molecule has 0 unspecified atom stereocenters.